The largest absolute Gasteiger partial charge is 0.493 e. The number of benzene rings is 1. The first-order valence-electron chi connectivity index (χ1n) is 8.65. The van der Waals surface area contributed by atoms with E-state index in [2.05, 4.69) is 5.32 Å². The fourth-order valence-corrected chi connectivity index (χ4v) is 4.24. The van der Waals surface area contributed by atoms with Crippen LogP contribution >= 0.6 is 0 Å². The number of hydrogen-bond acceptors (Lipinski definition) is 5. The van der Waals surface area contributed by atoms with Crippen molar-refractivity contribution in [2.24, 2.45) is 5.92 Å². The lowest BCUT2D eigenvalue weighted by atomic mass is 9.96. The first kappa shape index (κ1) is 20.5. The fraction of sp³-hybridized carbons (Fsp3) is 0.611. The summed E-state index contributed by atoms with van der Waals surface area (Å²) in [6, 6.07) is 3.52. The highest BCUT2D eigenvalue weighted by Crippen LogP contribution is 2.33. The minimum absolute atomic E-state index is 0.125. The van der Waals surface area contributed by atoms with Gasteiger partial charge in [0.05, 0.1) is 32.4 Å². The van der Waals surface area contributed by atoms with Gasteiger partial charge in [-0.05, 0) is 49.9 Å². The summed E-state index contributed by atoms with van der Waals surface area (Å²) in [7, 11) is -0.120. The Morgan fingerprint density at radius 1 is 1.27 bits per heavy atom. The predicted octanol–water partition coefficient (Wildman–Crippen LogP) is 1.86. The molecular formula is C18H28N2O5S. The average Bonchev–Trinajstić information content (AvgIpc) is 2.60. The van der Waals surface area contributed by atoms with Gasteiger partial charge in [-0.15, -0.1) is 0 Å². The van der Waals surface area contributed by atoms with Crippen molar-refractivity contribution in [3.05, 3.63) is 23.3 Å². The van der Waals surface area contributed by atoms with Gasteiger partial charge >= 0.3 is 0 Å². The monoisotopic (exact) mass is 384 g/mol. The van der Waals surface area contributed by atoms with Gasteiger partial charge < -0.3 is 14.8 Å². The lowest BCUT2D eigenvalue weighted by Crippen LogP contribution is -2.45. The standard InChI is InChI=1S/C18H28N2O5S/c1-12-9-16(24-3)17(25-4)10-15(12)13(2)19-18(21)14-7-6-8-20(11-14)26(5,22)23/h9-10,13-14H,6-8,11H2,1-5H3,(H,19,21)/t13-,14+/m0/s1. The summed E-state index contributed by atoms with van der Waals surface area (Å²) < 4.78 is 35.5. The van der Waals surface area contributed by atoms with Gasteiger partial charge in [-0.3, -0.25) is 4.79 Å². The molecule has 1 aliphatic rings. The summed E-state index contributed by atoms with van der Waals surface area (Å²) >= 11 is 0. The first-order chi connectivity index (χ1) is 12.2. The molecular weight excluding hydrogens is 356 g/mol. The predicted molar refractivity (Wildman–Crippen MR) is 100.0 cm³/mol. The number of rotatable bonds is 6. The Balaban J connectivity index is 2.12. The minimum Gasteiger partial charge on any atom is -0.493 e. The summed E-state index contributed by atoms with van der Waals surface area (Å²) in [6.07, 6.45) is 2.56. The van der Waals surface area contributed by atoms with Gasteiger partial charge in [0.2, 0.25) is 15.9 Å². The first-order valence-corrected chi connectivity index (χ1v) is 10.5. The number of carbonyl (C=O) groups is 1. The molecule has 0 bridgehead atoms. The van der Waals surface area contributed by atoms with E-state index in [1.54, 1.807) is 14.2 Å². The Morgan fingerprint density at radius 2 is 1.88 bits per heavy atom. The number of nitrogens with one attached hydrogen (secondary N) is 1. The highest BCUT2D eigenvalue weighted by molar-refractivity contribution is 7.88. The van der Waals surface area contributed by atoms with Crippen LogP contribution in [0.5, 0.6) is 11.5 Å². The van der Waals surface area contributed by atoms with Gasteiger partial charge in [-0.25, -0.2) is 12.7 Å². The van der Waals surface area contributed by atoms with Crippen LogP contribution in [0, 0.1) is 12.8 Å². The fourth-order valence-electron chi connectivity index (χ4n) is 3.33. The Labute approximate surface area is 155 Å². The molecule has 1 fully saturated rings. The molecule has 1 amide bonds. The normalized spacial score (nSPS) is 19.7. The number of aryl methyl sites for hydroxylation is 1. The molecule has 0 unspecified atom stereocenters. The van der Waals surface area contributed by atoms with Crippen LogP contribution < -0.4 is 14.8 Å². The smallest absolute Gasteiger partial charge is 0.224 e. The van der Waals surface area contributed by atoms with Crippen LogP contribution in [0.4, 0.5) is 0 Å². The SMILES string of the molecule is COc1cc(C)c([C@H](C)NC(=O)[C@@H]2CCCN(S(C)(=O)=O)C2)cc1OC. The van der Waals surface area contributed by atoms with Crippen molar-refractivity contribution in [2.75, 3.05) is 33.6 Å². The summed E-state index contributed by atoms with van der Waals surface area (Å²) in [6.45, 7) is 4.57. The highest BCUT2D eigenvalue weighted by atomic mass is 32.2. The number of hydrogen-bond donors (Lipinski definition) is 1. The number of piperidine rings is 1. The zero-order valence-corrected chi connectivity index (χ0v) is 16.9. The zero-order valence-electron chi connectivity index (χ0n) is 16.0. The topological polar surface area (TPSA) is 84.9 Å². The number of sulfonamides is 1. The van der Waals surface area contributed by atoms with Crippen LogP contribution in [0.15, 0.2) is 12.1 Å². The quantitative estimate of drug-likeness (QED) is 0.809. The van der Waals surface area contributed by atoms with Gasteiger partial charge in [0.15, 0.2) is 11.5 Å². The number of amides is 1. The van der Waals surface area contributed by atoms with E-state index in [1.165, 1.54) is 10.6 Å². The van der Waals surface area contributed by atoms with Crippen molar-refractivity contribution in [3.63, 3.8) is 0 Å². The summed E-state index contributed by atoms with van der Waals surface area (Å²) in [5.41, 5.74) is 1.92. The summed E-state index contributed by atoms with van der Waals surface area (Å²) in [5.74, 6) is 0.792. The second-order valence-corrected chi connectivity index (χ2v) is 8.74. The molecule has 1 aromatic carbocycles. The van der Waals surface area contributed by atoms with Gasteiger partial charge in [0.25, 0.3) is 0 Å². The molecule has 2 atom stereocenters. The molecule has 1 aromatic rings. The van der Waals surface area contributed by atoms with Crippen LogP contribution in [0.2, 0.25) is 0 Å². The summed E-state index contributed by atoms with van der Waals surface area (Å²) in [5, 5.41) is 3.01. The van der Waals surface area contributed by atoms with Crippen LogP contribution in [0.1, 0.15) is 36.9 Å². The van der Waals surface area contributed by atoms with Gasteiger partial charge in [-0.1, -0.05) is 0 Å². The molecule has 1 saturated heterocycles. The molecule has 1 aliphatic heterocycles. The zero-order chi connectivity index (χ0) is 19.5. The lowest BCUT2D eigenvalue weighted by Gasteiger charge is -2.31. The second kappa shape index (κ2) is 8.26. The van der Waals surface area contributed by atoms with E-state index in [4.69, 9.17) is 9.47 Å². The maximum Gasteiger partial charge on any atom is 0.224 e. The van der Waals surface area contributed by atoms with Crippen LogP contribution in [-0.4, -0.2) is 52.2 Å². The van der Waals surface area contributed by atoms with Crippen molar-refractivity contribution < 1.29 is 22.7 Å². The maximum absolute atomic E-state index is 12.7. The molecule has 0 aliphatic carbocycles. The Kier molecular flexibility index (Phi) is 6.52. The molecule has 8 heteroatoms. The maximum atomic E-state index is 12.7. The molecule has 0 radical (unpaired) electrons. The average molecular weight is 384 g/mol. The molecule has 26 heavy (non-hydrogen) atoms. The number of methoxy groups -OCH3 is 2. The van der Waals surface area contributed by atoms with Crippen LogP contribution in [0.25, 0.3) is 0 Å². The molecule has 1 N–H and O–H groups in total. The minimum atomic E-state index is -3.27. The van der Waals surface area contributed by atoms with Gasteiger partial charge in [0, 0.05) is 13.1 Å². The van der Waals surface area contributed by atoms with Gasteiger partial charge in [0.1, 0.15) is 0 Å². The van der Waals surface area contributed by atoms with Crippen molar-refractivity contribution in [1.82, 2.24) is 9.62 Å². The molecule has 146 valence electrons. The highest BCUT2D eigenvalue weighted by Gasteiger charge is 2.31. The van der Waals surface area contributed by atoms with Crippen LogP contribution in [-0.2, 0) is 14.8 Å². The Bertz CT molecular complexity index is 763. The molecule has 1 heterocycles. The number of ether oxygens (including phenoxy) is 2. The third-order valence-electron chi connectivity index (χ3n) is 4.82. The number of nitrogens with zero attached hydrogens (tertiary/aromatic N) is 1. The van der Waals surface area contributed by atoms with E-state index in [-0.39, 0.29) is 24.4 Å². The molecule has 2 rings (SSSR count). The van der Waals surface area contributed by atoms with E-state index < -0.39 is 10.0 Å². The molecule has 7 nitrogen and oxygen atoms in total. The number of carbonyl (C=O) groups excluding carboxylic acids is 1. The van der Waals surface area contributed by atoms with Crippen molar-refractivity contribution >= 4 is 15.9 Å². The summed E-state index contributed by atoms with van der Waals surface area (Å²) in [4.78, 5) is 12.7. The van der Waals surface area contributed by atoms with Crippen LogP contribution in [0.3, 0.4) is 0 Å². The van der Waals surface area contributed by atoms with Crippen molar-refractivity contribution in [2.45, 2.75) is 32.7 Å². The molecule has 0 saturated carbocycles. The van der Waals surface area contributed by atoms with E-state index in [0.29, 0.717) is 30.9 Å². The van der Waals surface area contributed by atoms with E-state index in [9.17, 15) is 13.2 Å². The third kappa shape index (κ3) is 4.67. The lowest BCUT2D eigenvalue weighted by molar-refractivity contribution is -0.126. The van der Waals surface area contributed by atoms with Crippen molar-refractivity contribution in [3.8, 4) is 11.5 Å². The van der Waals surface area contributed by atoms with E-state index >= 15 is 0 Å². The van der Waals surface area contributed by atoms with Gasteiger partial charge in [-0.2, -0.15) is 0 Å². The third-order valence-corrected chi connectivity index (χ3v) is 6.09. The molecule has 0 spiro atoms. The second-order valence-electron chi connectivity index (χ2n) is 6.75. The van der Waals surface area contributed by atoms with Crippen molar-refractivity contribution in [1.29, 1.82) is 0 Å². The molecule has 0 aromatic heterocycles. The Hall–Kier alpha value is -1.80. The van der Waals surface area contributed by atoms with E-state index in [0.717, 1.165) is 11.1 Å². The Morgan fingerprint density at radius 3 is 2.46 bits per heavy atom. The van der Waals surface area contributed by atoms with E-state index in [1.807, 2.05) is 26.0 Å².